The third-order valence-electron chi connectivity index (χ3n) is 5.44. The molecule has 0 radical (unpaired) electrons. The summed E-state index contributed by atoms with van der Waals surface area (Å²) < 4.78 is 10.9. The molecule has 0 atom stereocenters. The van der Waals surface area contributed by atoms with Gasteiger partial charge in [-0.05, 0) is 90.1 Å². The van der Waals surface area contributed by atoms with Crippen LogP contribution in [-0.4, -0.2) is 91.4 Å². The molecule has 0 saturated heterocycles. The van der Waals surface area contributed by atoms with Gasteiger partial charge in [-0.15, -0.1) is 0 Å². The number of aromatic carboxylic acids is 4. The van der Waals surface area contributed by atoms with Crippen LogP contribution in [0.25, 0.3) is 0 Å². The molecule has 0 aliphatic carbocycles. The second-order valence-corrected chi connectivity index (χ2v) is 12.7. The molecule has 0 saturated carbocycles. The summed E-state index contributed by atoms with van der Waals surface area (Å²) in [4.78, 5) is 42.1. The van der Waals surface area contributed by atoms with Crippen LogP contribution in [-0.2, 0) is 0 Å². The zero-order valence-corrected chi connectivity index (χ0v) is 33.6. The first-order valence-electron chi connectivity index (χ1n) is 14.4. The van der Waals surface area contributed by atoms with Crippen LogP contribution in [0.2, 0.25) is 10.0 Å². The third-order valence-corrected chi connectivity index (χ3v) is 6.04. The van der Waals surface area contributed by atoms with Gasteiger partial charge < -0.3 is 49.7 Å². The summed E-state index contributed by atoms with van der Waals surface area (Å²) in [5, 5.41) is 60.0. The summed E-state index contributed by atoms with van der Waals surface area (Å²) in [7, 11) is 0. The van der Waals surface area contributed by atoms with E-state index in [9.17, 15) is 39.6 Å². The monoisotopic (exact) mass is 776 g/mol. The van der Waals surface area contributed by atoms with E-state index in [0.717, 1.165) is 0 Å². The van der Waals surface area contributed by atoms with Crippen LogP contribution >= 0.6 is 23.2 Å². The van der Waals surface area contributed by atoms with Gasteiger partial charge in [0.15, 0.2) is 0 Å². The minimum absolute atomic E-state index is 0. The number of ether oxygens (including phenoxy) is 2. The molecule has 0 bridgehead atoms. The number of carboxylic acids is 4. The van der Waals surface area contributed by atoms with E-state index in [2.05, 4.69) is 0 Å². The van der Waals surface area contributed by atoms with Crippen molar-refractivity contribution in [2.45, 2.75) is 52.7 Å². The maximum absolute atomic E-state index is 10.9. The summed E-state index contributed by atoms with van der Waals surface area (Å²) in [5.41, 5.74) is -1.24. The standard InChI is InChI=1S/2C11H14O3.2C7H5ClO3.2Mg/c2*1-11(2,3)14-9-7-5-4-6-8(9)10(12)13;2*8-5-3-1-2-4(6(5)9)7(10)11;;/h2*4-7H,1-3H3,(H,12,13);2*1-3,9H,(H,10,11);;/q;;;;2*+2/p-4. The zero-order valence-electron chi connectivity index (χ0n) is 29.2. The first kappa shape index (κ1) is 50.2. The van der Waals surface area contributed by atoms with Crippen molar-refractivity contribution in [1.29, 1.82) is 0 Å². The summed E-state index contributed by atoms with van der Waals surface area (Å²) >= 11 is 10.8. The van der Waals surface area contributed by atoms with Gasteiger partial charge >= 0.3 is 58.0 Å². The first-order chi connectivity index (χ1) is 23.1. The van der Waals surface area contributed by atoms with Crippen molar-refractivity contribution in [2.24, 2.45) is 0 Å². The van der Waals surface area contributed by atoms with E-state index in [-0.39, 0.29) is 78.4 Å². The van der Waals surface area contributed by atoms with Crippen LogP contribution in [0, 0.1) is 0 Å². The van der Waals surface area contributed by atoms with Crippen LogP contribution in [0.1, 0.15) is 83.0 Å². The molecular formula is C36H34Cl2Mg2O12. The summed E-state index contributed by atoms with van der Waals surface area (Å²) in [5.74, 6) is -5.52. The van der Waals surface area contributed by atoms with Gasteiger partial charge in [0.2, 0.25) is 0 Å². The molecule has 4 aromatic carbocycles. The van der Waals surface area contributed by atoms with Crippen molar-refractivity contribution < 1.29 is 59.3 Å². The van der Waals surface area contributed by atoms with Crippen molar-refractivity contribution in [2.75, 3.05) is 0 Å². The van der Waals surface area contributed by atoms with E-state index in [1.807, 2.05) is 41.5 Å². The fourth-order valence-corrected chi connectivity index (χ4v) is 3.81. The van der Waals surface area contributed by atoms with Crippen LogP contribution in [0.4, 0.5) is 0 Å². The Morgan fingerprint density at radius 1 is 0.519 bits per heavy atom. The molecule has 0 heterocycles. The molecule has 0 fully saturated rings. The predicted octanol–water partition coefficient (Wildman–Crippen LogP) is 3.92. The molecule has 52 heavy (non-hydrogen) atoms. The number of benzene rings is 4. The van der Waals surface area contributed by atoms with Crippen LogP contribution in [0.5, 0.6) is 23.0 Å². The number of rotatable bonds is 6. The third kappa shape index (κ3) is 18.0. The average molecular weight is 778 g/mol. The molecule has 268 valence electrons. The second-order valence-electron chi connectivity index (χ2n) is 11.8. The van der Waals surface area contributed by atoms with Gasteiger partial charge in [0.1, 0.15) is 22.7 Å². The quantitative estimate of drug-likeness (QED) is 0.266. The van der Waals surface area contributed by atoms with E-state index in [1.165, 1.54) is 48.5 Å². The van der Waals surface area contributed by atoms with Gasteiger partial charge in [0, 0.05) is 21.2 Å². The molecule has 0 aromatic heterocycles. The van der Waals surface area contributed by atoms with Crippen molar-refractivity contribution in [1.82, 2.24) is 0 Å². The molecule has 16 heteroatoms. The molecule has 0 spiro atoms. The minimum Gasteiger partial charge on any atom is -0.871 e. The number of halogens is 2. The topological polar surface area (TPSA) is 219 Å². The second kappa shape index (κ2) is 22.9. The summed E-state index contributed by atoms with van der Waals surface area (Å²) in [6.07, 6.45) is 0. The fourth-order valence-electron chi connectivity index (χ4n) is 3.46. The fraction of sp³-hybridized carbons (Fsp3) is 0.222. The van der Waals surface area contributed by atoms with E-state index >= 15 is 0 Å². The van der Waals surface area contributed by atoms with E-state index in [1.54, 1.807) is 36.4 Å². The Labute approximate surface area is 343 Å². The van der Waals surface area contributed by atoms with E-state index in [0.29, 0.717) is 11.5 Å². The van der Waals surface area contributed by atoms with Gasteiger partial charge in [-0.2, -0.15) is 0 Å². The Balaban J connectivity index is 0. The van der Waals surface area contributed by atoms with Gasteiger partial charge in [0.05, 0.1) is 23.1 Å². The number of carbonyl (C=O) groups excluding carboxylic acids is 2. The van der Waals surface area contributed by atoms with E-state index in [4.69, 9.17) is 42.9 Å². The van der Waals surface area contributed by atoms with Crippen molar-refractivity contribution >= 4 is 93.2 Å². The smallest absolute Gasteiger partial charge is 0.871 e. The molecular weight excluding hydrogens is 744 g/mol. The SMILES string of the molecule is CC(C)(C)Oc1ccccc1C(=O)[O-].CC(C)(C)Oc1ccccc1C(=O)[O-].O=C(O)c1cccc(Cl)c1[O-].O=C(O)c1cccc(Cl)c1[O-].[Mg+2].[Mg+2]. The van der Waals surface area contributed by atoms with Crippen molar-refractivity contribution in [3.63, 3.8) is 0 Å². The Morgan fingerprint density at radius 3 is 1.02 bits per heavy atom. The Bertz CT molecular complexity index is 1670. The molecule has 4 rings (SSSR count). The van der Waals surface area contributed by atoms with Gasteiger partial charge in [-0.1, -0.05) is 71.1 Å². The van der Waals surface area contributed by atoms with Gasteiger partial charge in [0.25, 0.3) is 0 Å². The van der Waals surface area contributed by atoms with Crippen LogP contribution < -0.4 is 29.9 Å². The Kier molecular flexibility index (Phi) is 22.1. The largest absolute Gasteiger partial charge is 2.00 e. The maximum atomic E-state index is 10.9. The number of carbonyl (C=O) groups is 4. The zero-order chi connectivity index (χ0) is 38.4. The van der Waals surface area contributed by atoms with Gasteiger partial charge in [-0.3, -0.25) is 0 Å². The average Bonchev–Trinajstić information content (AvgIpc) is 2.99. The molecule has 2 N–H and O–H groups in total. The van der Waals surface area contributed by atoms with Crippen LogP contribution in [0.15, 0.2) is 84.9 Å². The molecule has 0 aliphatic rings. The van der Waals surface area contributed by atoms with Gasteiger partial charge in [-0.25, -0.2) is 9.59 Å². The van der Waals surface area contributed by atoms with E-state index < -0.39 is 46.6 Å². The molecule has 0 unspecified atom stereocenters. The Hall–Kier alpha value is -3.93. The number of hydrogen-bond acceptors (Lipinski definition) is 10. The van der Waals surface area contributed by atoms with Crippen molar-refractivity contribution in [3.8, 4) is 23.0 Å². The maximum Gasteiger partial charge on any atom is 2.00 e. The number of hydrogen-bond donors (Lipinski definition) is 2. The minimum atomic E-state index is -1.25. The Morgan fingerprint density at radius 2 is 0.788 bits per heavy atom. The molecule has 12 nitrogen and oxygen atoms in total. The van der Waals surface area contributed by atoms with Crippen molar-refractivity contribution in [3.05, 3.63) is 117 Å². The first-order valence-corrected chi connectivity index (χ1v) is 15.2. The normalized spacial score (nSPS) is 10.0. The molecule has 0 amide bonds. The number of carboxylic acid groups (broad SMARTS) is 4. The molecule has 4 aromatic rings. The predicted molar refractivity (Wildman–Crippen MR) is 190 cm³/mol. The van der Waals surface area contributed by atoms with Crippen LogP contribution in [0.3, 0.4) is 0 Å². The molecule has 0 aliphatic heterocycles. The summed E-state index contributed by atoms with van der Waals surface area (Å²) in [6.45, 7) is 11.2. The number of para-hydroxylation sites is 4. The summed E-state index contributed by atoms with van der Waals surface area (Å²) in [6, 6.07) is 20.9.